The molecule has 1 fully saturated rings. The summed E-state index contributed by atoms with van der Waals surface area (Å²) in [5.74, 6) is 0.0117. The van der Waals surface area contributed by atoms with Crippen LogP contribution in [0.3, 0.4) is 0 Å². The zero-order chi connectivity index (χ0) is 21.6. The molecule has 0 aromatic rings. The predicted molar refractivity (Wildman–Crippen MR) is 110 cm³/mol. The Morgan fingerprint density at radius 2 is 1.93 bits per heavy atom. The molecule has 4 N–H and O–H groups in total. The van der Waals surface area contributed by atoms with Crippen LogP contribution >= 0.6 is 7.60 Å². The Labute approximate surface area is 168 Å². The third kappa shape index (κ3) is 11.0. The molecule has 0 radical (unpaired) electrons. The fourth-order valence-corrected chi connectivity index (χ4v) is 4.10. The van der Waals surface area contributed by atoms with Crippen LogP contribution in [0.1, 0.15) is 58.8 Å². The fraction of sp³-hybridized carbons (Fsp3) is 0.789. The Balaban J connectivity index is 0.00000227. The maximum atomic E-state index is 12.8. The summed E-state index contributed by atoms with van der Waals surface area (Å²) in [5, 5.41) is 13.4. The Bertz CT molecular complexity index is 521. The van der Waals surface area contributed by atoms with Crippen molar-refractivity contribution < 1.29 is 28.7 Å². The molecule has 1 rings (SSSR count). The van der Waals surface area contributed by atoms with Crippen LogP contribution in [0.15, 0.2) is 12.7 Å². The van der Waals surface area contributed by atoms with Gasteiger partial charge in [-0.15, -0.1) is 6.58 Å². The fourth-order valence-electron chi connectivity index (χ4n) is 3.36. The van der Waals surface area contributed by atoms with Gasteiger partial charge in [-0.05, 0) is 37.6 Å². The summed E-state index contributed by atoms with van der Waals surface area (Å²) in [4.78, 5) is 30.7. The molecule has 8 nitrogen and oxygen atoms in total. The number of amides is 1. The lowest BCUT2D eigenvalue weighted by molar-refractivity contribution is -0.127. The lowest BCUT2D eigenvalue weighted by atomic mass is 9.80. The minimum absolute atomic E-state index is 0.0117. The molecule has 1 aliphatic carbocycles. The minimum Gasteiger partial charge on any atom is -0.483 e. The van der Waals surface area contributed by atoms with Crippen LogP contribution in [0.25, 0.3) is 0 Å². The molecule has 0 aliphatic heterocycles. The molecule has 0 aromatic carbocycles. The number of rotatable bonds is 11. The summed E-state index contributed by atoms with van der Waals surface area (Å²) in [6.07, 6.45) is 8.76. The van der Waals surface area contributed by atoms with Crippen molar-refractivity contribution in [3.63, 3.8) is 0 Å². The number of hydrogen-bond acceptors (Lipinski definition) is 5. The van der Waals surface area contributed by atoms with E-state index in [1.165, 1.54) is 26.4 Å². The molecule has 0 saturated heterocycles. The van der Waals surface area contributed by atoms with Crippen LogP contribution in [0.2, 0.25) is 0 Å². The second-order valence-corrected chi connectivity index (χ2v) is 9.80. The highest BCUT2D eigenvalue weighted by atomic mass is 31.2. The number of allylic oxidation sites excluding steroid dienone is 1. The molecule has 28 heavy (non-hydrogen) atoms. The van der Waals surface area contributed by atoms with Gasteiger partial charge in [-0.3, -0.25) is 14.2 Å². The van der Waals surface area contributed by atoms with Crippen molar-refractivity contribution in [2.45, 2.75) is 70.9 Å². The normalized spacial score (nSPS) is 18.1. The first-order chi connectivity index (χ1) is 13.1. The second kappa shape index (κ2) is 13.9. The van der Waals surface area contributed by atoms with E-state index in [2.05, 4.69) is 21.7 Å². The van der Waals surface area contributed by atoms with Gasteiger partial charge in [-0.1, -0.05) is 39.2 Å². The van der Waals surface area contributed by atoms with E-state index in [9.17, 15) is 14.3 Å². The van der Waals surface area contributed by atoms with E-state index in [0.29, 0.717) is 19.4 Å². The average molecular weight is 420 g/mol. The lowest BCUT2D eigenvalue weighted by Gasteiger charge is -2.35. The highest BCUT2D eigenvalue weighted by Gasteiger charge is 2.35. The van der Waals surface area contributed by atoms with Crippen molar-refractivity contribution in [1.82, 2.24) is 10.6 Å². The van der Waals surface area contributed by atoms with Gasteiger partial charge in [0, 0.05) is 13.2 Å². The maximum Gasteiger partial charge on any atom is 0.327 e. The third-order valence-corrected chi connectivity index (χ3v) is 6.37. The van der Waals surface area contributed by atoms with Crippen molar-refractivity contribution in [3.8, 4) is 0 Å². The average Bonchev–Trinajstić information content (AvgIpc) is 2.62. The highest BCUT2D eigenvalue weighted by molar-refractivity contribution is 7.52. The largest absolute Gasteiger partial charge is 0.483 e. The zero-order valence-electron chi connectivity index (χ0n) is 17.4. The topological polar surface area (TPSA) is 125 Å². The minimum atomic E-state index is -3.50. The molecule has 0 bridgehead atoms. The van der Waals surface area contributed by atoms with Gasteiger partial charge in [0.15, 0.2) is 0 Å². The first-order valence-corrected chi connectivity index (χ1v) is 11.5. The Kier molecular flexibility index (Phi) is 13.3. The molecule has 164 valence electrons. The quantitative estimate of drug-likeness (QED) is 0.175. The number of carboxylic acid groups (broad SMARTS) is 1. The Morgan fingerprint density at radius 1 is 1.36 bits per heavy atom. The first-order valence-electron chi connectivity index (χ1n) is 9.73. The van der Waals surface area contributed by atoms with E-state index in [1.807, 2.05) is 19.9 Å². The highest BCUT2D eigenvalue weighted by Crippen LogP contribution is 2.40. The molecular formula is C19H37N2O6P. The van der Waals surface area contributed by atoms with E-state index in [-0.39, 0.29) is 36.0 Å². The molecule has 1 amide bonds. The standard InChI is InChI=1S/C18H35N2O4P.CH2O2/c1-5-12-18(2,3)16(19-13-9-14-25(22,23)24-4)17(21)20-15-10-7-6-8-11-15;2-1-3/h5,15-16,19H,1,6-14H2,2-4H3,(H,20,21)(H,22,23);1H,(H,2,3). The van der Waals surface area contributed by atoms with Crippen LogP contribution in [-0.2, 0) is 18.7 Å². The van der Waals surface area contributed by atoms with E-state index in [1.54, 1.807) is 0 Å². The van der Waals surface area contributed by atoms with Crippen LogP contribution in [0.4, 0.5) is 0 Å². The van der Waals surface area contributed by atoms with E-state index >= 15 is 0 Å². The predicted octanol–water partition coefficient (Wildman–Crippen LogP) is 2.92. The van der Waals surface area contributed by atoms with Crippen LogP contribution in [0.5, 0.6) is 0 Å². The van der Waals surface area contributed by atoms with E-state index < -0.39 is 7.60 Å². The summed E-state index contributed by atoms with van der Waals surface area (Å²) in [7, 11) is -2.26. The molecule has 2 unspecified atom stereocenters. The summed E-state index contributed by atoms with van der Waals surface area (Å²) in [6, 6.07) is -0.107. The van der Waals surface area contributed by atoms with Gasteiger partial charge in [0.1, 0.15) is 0 Å². The van der Waals surface area contributed by atoms with E-state index in [4.69, 9.17) is 9.90 Å². The van der Waals surface area contributed by atoms with Gasteiger partial charge < -0.3 is 25.2 Å². The van der Waals surface area contributed by atoms with Crippen molar-refractivity contribution in [3.05, 3.63) is 12.7 Å². The van der Waals surface area contributed by atoms with Gasteiger partial charge in [0.05, 0.1) is 12.2 Å². The second-order valence-electron chi connectivity index (χ2n) is 7.71. The van der Waals surface area contributed by atoms with Crippen molar-refractivity contribution in [1.29, 1.82) is 0 Å². The maximum absolute atomic E-state index is 12.8. The van der Waals surface area contributed by atoms with Gasteiger partial charge >= 0.3 is 7.60 Å². The summed E-state index contributed by atoms with van der Waals surface area (Å²) >= 11 is 0. The van der Waals surface area contributed by atoms with Crippen LogP contribution < -0.4 is 10.6 Å². The summed E-state index contributed by atoms with van der Waals surface area (Å²) in [5.41, 5.74) is -0.287. The molecule has 0 heterocycles. The molecular weight excluding hydrogens is 383 g/mol. The van der Waals surface area contributed by atoms with Gasteiger partial charge in [-0.25, -0.2) is 0 Å². The monoisotopic (exact) mass is 420 g/mol. The molecule has 9 heteroatoms. The third-order valence-electron chi connectivity index (χ3n) is 4.92. The van der Waals surface area contributed by atoms with Crippen LogP contribution in [0, 0.1) is 5.41 Å². The van der Waals surface area contributed by atoms with Crippen molar-refractivity contribution >= 4 is 20.0 Å². The Morgan fingerprint density at radius 3 is 2.43 bits per heavy atom. The summed E-state index contributed by atoms with van der Waals surface area (Å²) < 4.78 is 16.1. The zero-order valence-corrected chi connectivity index (χ0v) is 18.2. The van der Waals surface area contributed by atoms with Gasteiger partial charge in [-0.2, -0.15) is 0 Å². The number of hydrogen-bond donors (Lipinski definition) is 4. The molecule has 0 aromatic heterocycles. The lowest BCUT2D eigenvalue weighted by Crippen LogP contribution is -2.55. The smallest absolute Gasteiger partial charge is 0.327 e. The van der Waals surface area contributed by atoms with Crippen molar-refractivity contribution in [2.75, 3.05) is 19.8 Å². The molecule has 1 saturated carbocycles. The number of carbonyl (C=O) groups excluding carboxylic acids is 1. The molecule has 1 aliphatic rings. The number of nitrogens with one attached hydrogen (secondary N) is 2. The molecule has 0 spiro atoms. The van der Waals surface area contributed by atoms with Crippen LogP contribution in [-0.4, -0.2) is 54.3 Å². The first kappa shape index (κ1) is 26.8. The summed E-state index contributed by atoms with van der Waals surface area (Å²) in [6.45, 7) is 8.11. The number of carbonyl (C=O) groups is 2. The van der Waals surface area contributed by atoms with E-state index in [0.717, 1.165) is 12.8 Å². The SMILES string of the molecule is C=CCC(C)(C)C(NCCCP(=O)(O)OC)C(=O)NC1CCCCC1.O=CO. The van der Waals surface area contributed by atoms with Gasteiger partial charge in [0.25, 0.3) is 6.47 Å². The Hall–Kier alpha value is -1.21. The van der Waals surface area contributed by atoms with Gasteiger partial charge in [0.2, 0.25) is 5.91 Å². The van der Waals surface area contributed by atoms with Crippen molar-refractivity contribution in [2.24, 2.45) is 5.41 Å². The molecule has 2 atom stereocenters.